The summed E-state index contributed by atoms with van der Waals surface area (Å²) in [4.78, 5) is 12.4. The van der Waals surface area contributed by atoms with Gasteiger partial charge in [0.25, 0.3) is 0 Å². The van der Waals surface area contributed by atoms with Crippen LogP contribution in [0.25, 0.3) is 0 Å². The van der Waals surface area contributed by atoms with Gasteiger partial charge in [-0.25, -0.2) is 0 Å². The molecule has 3 aromatic rings. The highest BCUT2D eigenvalue weighted by Gasteiger charge is 2.08. The molecule has 28 heavy (non-hydrogen) atoms. The van der Waals surface area contributed by atoms with Crippen LogP contribution in [0.3, 0.4) is 0 Å². The highest BCUT2D eigenvalue weighted by atomic mass is 16.1. The van der Waals surface area contributed by atoms with E-state index in [0.29, 0.717) is 0 Å². The number of hydrogen-bond donors (Lipinski definition) is 2. The van der Waals surface area contributed by atoms with Crippen molar-refractivity contribution in [3.05, 3.63) is 94.5 Å². The minimum Gasteiger partial charge on any atom is -0.376 e. The summed E-state index contributed by atoms with van der Waals surface area (Å²) in [7, 11) is 0. The van der Waals surface area contributed by atoms with E-state index in [9.17, 15) is 4.79 Å². The molecule has 0 saturated heterocycles. The van der Waals surface area contributed by atoms with E-state index in [1.165, 1.54) is 5.56 Å². The van der Waals surface area contributed by atoms with Gasteiger partial charge in [0.15, 0.2) is 0 Å². The lowest BCUT2D eigenvalue weighted by Crippen LogP contribution is -2.22. The Hall–Kier alpha value is -3.51. The maximum absolute atomic E-state index is 12.4. The van der Waals surface area contributed by atoms with Crippen molar-refractivity contribution in [2.75, 3.05) is 17.2 Å². The molecule has 3 heteroatoms. The van der Waals surface area contributed by atoms with Crippen molar-refractivity contribution in [1.82, 2.24) is 0 Å². The van der Waals surface area contributed by atoms with Crippen LogP contribution in [-0.2, 0) is 4.79 Å². The van der Waals surface area contributed by atoms with E-state index in [2.05, 4.69) is 41.5 Å². The molecule has 140 valence electrons. The molecule has 0 bridgehead atoms. The third-order valence-electron chi connectivity index (χ3n) is 4.38. The Kier molecular flexibility index (Phi) is 6.14. The van der Waals surface area contributed by atoms with Crippen molar-refractivity contribution in [1.29, 1.82) is 0 Å². The van der Waals surface area contributed by atoms with Crippen molar-refractivity contribution in [2.24, 2.45) is 0 Å². The number of nitrogens with one attached hydrogen (secondary N) is 2. The smallest absolute Gasteiger partial charge is 0.243 e. The highest BCUT2D eigenvalue weighted by molar-refractivity contribution is 5.95. The Balaban J connectivity index is 1.62. The highest BCUT2D eigenvalue weighted by Crippen LogP contribution is 2.21. The molecule has 0 aliphatic heterocycles. The zero-order valence-electron chi connectivity index (χ0n) is 16.5. The Labute approximate surface area is 166 Å². The average molecular weight is 368 g/mol. The SMILES string of the molecule is Cc1cc(C)c(NC(=O)CNc2cccc(C#Cc3ccccc3)c2)c(C)c1. The molecule has 1 amide bonds. The maximum Gasteiger partial charge on any atom is 0.243 e. The largest absolute Gasteiger partial charge is 0.376 e. The number of amides is 1. The van der Waals surface area contributed by atoms with Crippen molar-refractivity contribution >= 4 is 17.3 Å². The van der Waals surface area contributed by atoms with Crippen LogP contribution in [0.2, 0.25) is 0 Å². The molecule has 0 aromatic heterocycles. The predicted molar refractivity (Wildman–Crippen MR) is 117 cm³/mol. The number of benzene rings is 3. The number of hydrogen-bond acceptors (Lipinski definition) is 2. The number of aryl methyl sites for hydroxylation is 3. The summed E-state index contributed by atoms with van der Waals surface area (Å²) in [6.45, 7) is 6.28. The van der Waals surface area contributed by atoms with Crippen molar-refractivity contribution in [3.8, 4) is 11.8 Å². The molecule has 0 radical (unpaired) electrons. The second-order valence-electron chi connectivity index (χ2n) is 6.87. The molecule has 0 fully saturated rings. The number of anilines is 2. The lowest BCUT2D eigenvalue weighted by molar-refractivity contribution is -0.114. The summed E-state index contributed by atoms with van der Waals surface area (Å²) < 4.78 is 0. The third-order valence-corrected chi connectivity index (χ3v) is 4.38. The van der Waals surface area contributed by atoms with Gasteiger partial charge in [0, 0.05) is 22.5 Å². The molecule has 0 spiro atoms. The van der Waals surface area contributed by atoms with Gasteiger partial charge in [0.05, 0.1) is 6.54 Å². The van der Waals surface area contributed by atoms with Crippen LogP contribution in [0.1, 0.15) is 27.8 Å². The molecule has 0 aliphatic carbocycles. The zero-order valence-corrected chi connectivity index (χ0v) is 16.5. The summed E-state index contributed by atoms with van der Waals surface area (Å²) in [5.74, 6) is 6.23. The lowest BCUT2D eigenvalue weighted by atomic mass is 10.1. The van der Waals surface area contributed by atoms with Crippen molar-refractivity contribution in [2.45, 2.75) is 20.8 Å². The Morgan fingerprint density at radius 1 is 0.821 bits per heavy atom. The molecular weight excluding hydrogens is 344 g/mol. The van der Waals surface area contributed by atoms with Gasteiger partial charge in [-0.2, -0.15) is 0 Å². The van der Waals surface area contributed by atoms with Gasteiger partial charge < -0.3 is 10.6 Å². The fourth-order valence-corrected chi connectivity index (χ4v) is 3.12. The first-order chi connectivity index (χ1) is 13.5. The van der Waals surface area contributed by atoms with Crippen LogP contribution in [0.15, 0.2) is 66.7 Å². The fourth-order valence-electron chi connectivity index (χ4n) is 3.12. The first kappa shape index (κ1) is 19.3. The molecule has 0 unspecified atom stereocenters. The van der Waals surface area contributed by atoms with E-state index in [1.807, 2.05) is 68.4 Å². The van der Waals surface area contributed by atoms with Gasteiger partial charge in [-0.15, -0.1) is 0 Å². The molecule has 0 aliphatic rings. The minimum atomic E-state index is -0.0733. The van der Waals surface area contributed by atoms with E-state index in [0.717, 1.165) is 33.6 Å². The third kappa shape index (κ3) is 5.25. The normalized spacial score (nSPS) is 9.96. The number of rotatable bonds is 4. The van der Waals surface area contributed by atoms with E-state index in [4.69, 9.17) is 0 Å². The standard InChI is InChI=1S/C25H24N2O/c1-18-14-19(2)25(20(3)15-18)27-24(28)17-26-23-11-7-10-22(16-23)13-12-21-8-5-4-6-9-21/h4-11,14-16,26H,17H2,1-3H3,(H,27,28). The van der Waals surface area contributed by atoms with Gasteiger partial charge in [-0.1, -0.05) is 53.8 Å². The quantitative estimate of drug-likeness (QED) is 0.632. The second-order valence-corrected chi connectivity index (χ2v) is 6.87. The first-order valence-electron chi connectivity index (χ1n) is 9.30. The van der Waals surface area contributed by atoms with Gasteiger partial charge in [-0.05, 0) is 62.2 Å². The minimum absolute atomic E-state index is 0.0733. The maximum atomic E-state index is 12.4. The Bertz CT molecular complexity index is 1020. The van der Waals surface area contributed by atoms with Crippen LogP contribution >= 0.6 is 0 Å². The van der Waals surface area contributed by atoms with Crippen LogP contribution in [0.5, 0.6) is 0 Å². The number of carbonyl (C=O) groups is 1. The molecule has 3 aromatic carbocycles. The Morgan fingerprint density at radius 3 is 2.18 bits per heavy atom. The van der Waals surface area contributed by atoms with Gasteiger partial charge in [-0.3, -0.25) is 4.79 Å². The summed E-state index contributed by atoms with van der Waals surface area (Å²) >= 11 is 0. The molecule has 3 nitrogen and oxygen atoms in total. The van der Waals surface area contributed by atoms with E-state index in [-0.39, 0.29) is 12.5 Å². The first-order valence-corrected chi connectivity index (χ1v) is 9.30. The van der Waals surface area contributed by atoms with Gasteiger partial charge >= 0.3 is 0 Å². The van der Waals surface area contributed by atoms with Crippen LogP contribution in [0.4, 0.5) is 11.4 Å². The molecule has 0 atom stereocenters. The van der Waals surface area contributed by atoms with Crippen molar-refractivity contribution in [3.63, 3.8) is 0 Å². The van der Waals surface area contributed by atoms with Crippen LogP contribution in [-0.4, -0.2) is 12.5 Å². The van der Waals surface area contributed by atoms with E-state index in [1.54, 1.807) is 0 Å². The van der Waals surface area contributed by atoms with Gasteiger partial charge in [0.2, 0.25) is 5.91 Å². The van der Waals surface area contributed by atoms with E-state index < -0.39 is 0 Å². The lowest BCUT2D eigenvalue weighted by Gasteiger charge is -2.13. The molecule has 2 N–H and O–H groups in total. The number of carbonyl (C=O) groups excluding carboxylic acids is 1. The molecule has 0 heterocycles. The molecule has 0 saturated carbocycles. The summed E-state index contributed by atoms with van der Waals surface area (Å²) in [5, 5.41) is 6.18. The monoisotopic (exact) mass is 368 g/mol. The summed E-state index contributed by atoms with van der Waals surface area (Å²) in [6, 6.07) is 21.8. The summed E-state index contributed by atoms with van der Waals surface area (Å²) in [6.07, 6.45) is 0. The fraction of sp³-hybridized carbons (Fsp3) is 0.160. The molecular formula is C25H24N2O. The predicted octanol–water partition coefficient (Wildman–Crippen LogP) is 5.06. The zero-order chi connectivity index (χ0) is 19.9. The Morgan fingerprint density at radius 2 is 1.46 bits per heavy atom. The van der Waals surface area contributed by atoms with Crippen LogP contribution < -0.4 is 10.6 Å². The van der Waals surface area contributed by atoms with Crippen LogP contribution in [0, 0.1) is 32.6 Å². The van der Waals surface area contributed by atoms with Crippen molar-refractivity contribution < 1.29 is 4.79 Å². The van der Waals surface area contributed by atoms with Gasteiger partial charge in [0.1, 0.15) is 0 Å². The molecule has 3 rings (SSSR count). The summed E-state index contributed by atoms with van der Waals surface area (Å²) in [5.41, 5.74) is 6.98. The van der Waals surface area contributed by atoms with E-state index >= 15 is 0 Å². The average Bonchev–Trinajstić information content (AvgIpc) is 2.69. The second kappa shape index (κ2) is 8.92. The topological polar surface area (TPSA) is 41.1 Å².